The quantitative estimate of drug-likeness (QED) is 0.287. The molecular formula is C20H19N5O4S3. The first kappa shape index (κ1) is 21.2. The first-order chi connectivity index (χ1) is 15.5. The van der Waals surface area contributed by atoms with E-state index in [0.29, 0.717) is 28.2 Å². The van der Waals surface area contributed by atoms with Crippen LogP contribution >= 0.6 is 34.4 Å². The van der Waals surface area contributed by atoms with Crippen molar-refractivity contribution in [2.24, 2.45) is 0 Å². The summed E-state index contributed by atoms with van der Waals surface area (Å²) < 4.78 is 0. The fourth-order valence-corrected chi connectivity index (χ4v) is 6.59. The maximum Gasteiger partial charge on any atom is 0.344 e. The van der Waals surface area contributed by atoms with Gasteiger partial charge in [-0.1, -0.05) is 37.1 Å². The zero-order chi connectivity index (χ0) is 22.3. The number of hydrogen-bond donors (Lipinski definition) is 3. The highest BCUT2D eigenvalue weighted by atomic mass is 32.2. The first-order valence-electron chi connectivity index (χ1n) is 10.1. The molecule has 1 saturated heterocycles. The minimum Gasteiger partial charge on any atom is -0.322 e. The first-order valence-corrected chi connectivity index (χ1v) is 12.9. The molecule has 0 unspecified atom stereocenters. The van der Waals surface area contributed by atoms with E-state index < -0.39 is 23.4 Å². The summed E-state index contributed by atoms with van der Waals surface area (Å²) >= 11 is 3.96. The van der Waals surface area contributed by atoms with Crippen molar-refractivity contribution in [1.29, 1.82) is 0 Å². The van der Waals surface area contributed by atoms with Crippen molar-refractivity contribution in [2.45, 2.75) is 42.8 Å². The van der Waals surface area contributed by atoms with Crippen molar-refractivity contribution in [3.63, 3.8) is 0 Å². The number of fused-ring (bicyclic) bond motifs is 1. The highest BCUT2D eigenvalue weighted by Gasteiger charge is 2.52. The Morgan fingerprint density at radius 2 is 2.03 bits per heavy atom. The minimum absolute atomic E-state index is 0.109. The number of nitrogens with zero attached hydrogens (tertiary/aromatic N) is 2. The monoisotopic (exact) mass is 489 g/mol. The molecule has 2 fully saturated rings. The van der Waals surface area contributed by atoms with Gasteiger partial charge in [-0.25, -0.2) is 9.78 Å². The van der Waals surface area contributed by atoms with Crippen LogP contribution in [0.1, 0.15) is 32.1 Å². The van der Waals surface area contributed by atoms with Gasteiger partial charge in [0.25, 0.3) is 11.5 Å². The Labute approximate surface area is 194 Å². The fourth-order valence-electron chi connectivity index (χ4n) is 4.12. The largest absolute Gasteiger partial charge is 0.344 e. The summed E-state index contributed by atoms with van der Waals surface area (Å²) in [5.74, 6) is -1.05. The van der Waals surface area contributed by atoms with Crippen molar-refractivity contribution in [3.8, 4) is 10.4 Å². The van der Waals surface area contributed by atoms with Crippen molar-refractivity contribution >= 4 is 62.5 Å². The molecule has 5 rings (SSSR count). The van der Waals surface area contributed by atoms with E-state index >= 15 is 0 Å². The molecule has 1 spiro atoms. The number of carbonyl (C=O) groups excluding carboxylic acids is 3. The molecule has 0 aromatic carbocycles. The number of hydrogen-bond acceptors (Lipinski definition) is 8. The van der Waals surface area contributed by atoms with E-state index in [1.54, 1.807) is 11.3 Å². The van der Waals surface area contributed by atoms with E-state index in [9.17, 15) is 19.2 Å². The SMILES string of the molecule is O=C(CSc1nc2scc(-c3cccs3)c2c(=O)[nH]1)NN1C(=O)NC2(CCCCC2)C1=O. The molecule has 9 nitrogen and oxygen atoms in total. The summed E-state index contributed by atoms with van der Waals surface area (Å²) in [7, 11) is 0. The molecular weight excluding hydrogens is 470 g/mol. The molecule has 1 saturated carbocycles. The fraction of sp³-hybridized carbons (Fsp3) is 0.350. The molecule has 1 aliphatic heterocycles. The zero-order valence-electron chi connectivity index (χ0n) is 16.8. The minimum atomic E-state index is -0.896. The van der Waals surface area contributed by atoms with E-state index in [1.165, 1.54) is 11.3 Å². The summed E-state index contributed by atoms with van der Waals surface area (Å²) in [5, 5.41) is 8.21. The topological polar surface area (TPSA) is 124 Å². The third-order valence-corrected chi connectivity index (χ3v) is 8.30. The van der Waals surface area contributed by atoms with Gasteiger partial charge in [0.2, 0.25) is 5.91 Å². The number of aromatic amines is 1. The second-order valence-electron chi connectivity index (χ2n) is 7.72. The second kappa shape index (κ2) is 8.34. The van der Waals surface area contributed by atoms with Crippen LogP contribution in [0.25, 0.3) is 20.7 Å². The van der Waals surface area contributed by atoms with Crippen molar-refractivity contribution in [2.75, 3.05) is 5.75 Å². The molecule has 0 radical (unpaired) electrons. The number of rotatable bonds is 5. The van der Waals surface area contributed by atoms with E-state index in [-0.39, 0.29) is 11.3 Å². The van der Waals surface area contributed by atoms with Gasteiger partial charge in [0.15, 0.2) is 5.16 Å². The van der Waals surface area contributed by atoms with Gasteiger partial charge in [-0.2, -0.15) is 5.01 Å². The normalized spacial score (nSPS) is 17.8. The maximum absolute atomic E-state index is 12.8. The Balaban J connectivity index is 1.26. The summed E-state index contributed by atoms with van der Waals surface area (Å²) in [6.45, 7) is 0. The standard InChI is InChI=1S/C20H19N5O4S3/c26-13(24-25-17(28)20(23-19(25)29)6-2-1-3-7-20)10-32-18-21-15(27)14-11(9-31-16(14)22-18)12-5-4-8-30-12/h4-5,8-9H,1-3,6-7,10H2,(H,23,29)(H,24,26)(H,21,22,27). The van der Waals surface area contributed by atoms with Crippen LogP contribution in [0.5, 0.6) is 0 Å². The van der Waals surface area contributed by atoms with Gasteiger partial charge in [-0.05, 0) is 24.3 Å². The summed E-state index contributed by atoms with van der Waals surface area (Å²) in [4.78, 5) is 58.9. The number of thiophene rings is 2. The van der Waals surface area contributed by atoms with Gasteiger partial charge in [0, 0.05) is 15.8 Å². The number of H-pyrrole nitrogens is 1. The molecule has 4 amide bonds. The Bertz CT molecular complexity index is 1260. The van der Waals surface area contributed by atoms with E-state index in [4.69, 9.17) is 0 Å². The van der Waals surface area contributed by atoms with Crippen molar-refractivity contribution in [1.82, 2.24) is 25.7 Å². The van der Waals surface area contributed by atoms with Gasteiger partial charge in [0.1, 0.15) is 10.4 Å². The Kier molecular flexibility index (Phi) is 5.51. The lowest BCUT2D eigenvalue weighted by atomic mass is 9.82. The van der Waals surface area contributed by atoms with E-state index in [1.807, 2.05) is 22.9 Å². The molecule has 4 heterocycles. The van der Waals surface area contributed by atoms with E-state index in [2.05, 4.69) is 20.7 Å². The van der Waals surface area contributed by atoms with Crippen LogP contribution in [-0.4, -0.2) is 44.1 Å². The number of carbonyl (C=O) groups is 3. The number of nitrogens with one attached hydrogen (secondary N) is 3. The average Bonchev–Trinajstić information content (AvgIpc) is 3.49. The number of imide groups is 1. The number of aromatic nitrogens is 2. The van der Waals surface area contributed by atoms with Gasteiger partial charge in [-0.15, -0.1) is 22.7 Å². The summed E-state index contributed by atoms with van der Waals surface area (Å²) in [6, 6.07) is 3.27. The smallest absolute Gasteiger partial charge is 0.322 e. The Hall–Kier alpha value is -2.70. The van der Waals surface area contributed by atoms with Gasteiger partial charge >= 0.3 is 6.03 Å². The molecule has 3 N–H and O–H groups in total. The molecule has 0 bridgehead atoms. The third-order valence-electron chi connectivity index (χ3n) is 5.65. The predicted molar refractivity (Wildman–Crippen MR) is 124 cm³/mol. The van der Waals surface area contributed by atoms with Crippen LogP contribution < -0.4 is 16.3 Å². The number of amides is 4. The Morgan fingerprint density at radius 1 is 1.22 bits per heavy atom. The third kappa shape index (κ3) is 3.71. The molecule has 3 aromatic heterocycles. The lowest BCUT2D eigenvalue weighted by Gasteiger charge is -2.30. The summed E-state index contributed by atoms with van der Waals surface area (Å²) in [6.07, 6.45) is 3.92. The summed E-state index contributed by atoms with van der Waals surface area (Å²) in [5.41, 5.74) is 2.07. The van der Waals surface area contributed by atoms with Crippen LogP contribution in [-0.2, 0) is 9.59 Å². The Morgan fingerprint density at radius 3 is 2.78 bits per heavy atom. The second-order valence-corrected chi connectivity index (χ2v) is 10.5. The lowest BCUT2D eigenvalue weighted by molar-refractivity contribution is -0.139. The molecule has 0 atom stereocenters. The van der Waals surface area contributed by atoms with Gasteiger partial charge < -0.3 is 10.3 Å². The molecule has 3 aromatic rings. The predicted octanol–water partition coefficient (Wildman–Crippen LogP) is 3.09. The average molecular weight is 490 g/mol. The van der Waals surface area contributed by atoms with Crippen LogP contribution in [0.3, 0.4) is 0 Å². The number of thioether (sulfide) groups is 1. The molecule has 2 aliphatic rings. The van der Waals surface area contributed by atoms with Crippen LogP contribution in [0.2, 0.25) is 0 Å². The molecule has 12 heteroatoms. The molecule has 1 aliphatic carbocycles. The van der Waals surface area contributed by atoms with Crippen LogP contribution in [0.15, 0.2) is 32.8 Å². The maximum atomic E-state index is 12.8. The van der Waals surface area contributed by atoms with Gasteiger partial charge in [0.05, 0.1) is 11.1 Å². The molecule has 32 heavy (non-hydrogen) atoms. The number of hydrazine groups is 1. The van der Waals surface area contributed by atoms with Gasteiger partial charge in [-0.3, -0.25) is 19.8 Å². The van der Waals surface area contributed by atoms with Crippen molar-refractivity contribution in [3.05, 3.63) is 33.2 Å². The highest BCUT2D eigenvalue weighted by molar-refractivity contribution is 7.99. The van der Waals surface area contributed by atoms with Crippen LogP contribution in [0.4, 0.5) is 4.79 Å². The lowest BCUT2D eigenvalue weighted by Crippen LogP contribution is -2.51. The van der Waals surface area contributed by atoms with Crippen molar-refractivity contribution < 1.29 is 14.4 Å². The highest BCUT2D eigenvalue weighted by Crippen LogP contribution is 2.34. The zero-order valence-corrected chi connectivity index (χ0v) is 19.3. The van der Waals surface area contributed by atoms with E-state index in [0.717, 1.165) is 46.5 Å². The number of urea groups is 1. The molecule has 166 valence electrons. The van der Waals surface area contributed by atoms with Crippen LogP contribution in [0, 0.1) is 0 Å².